The van der Waals surface area contributed by atoms with Crippen molar-refractivity contribution in [1.29, 1.82) is 0 Å². The Bertz CT molecular complexity index is 601. The number of aliphatic carboxylic acids is 1. The number of fused-ring (bicyclic) bond motifs is 2. The average molecular weight is 294 g/mol. The van der Waals surface area contributed by atoms with Crippen LogP contribution in [0.3, 0.4) is 0 Å². The Morgan fingerprint density at radius 1 is 1.40 bits per heavy atom. The van der Waals surface area contributed by atoms with Crippen LogP contribution >= 0.6 is 11.3 Å². The maximum Gasteiger partial charge on any atom is 0.328 e. The van der Waals surface area contributed by atoms with Gasteiger partial charge in [0.05, 0.1) is 0 Å². The third-order valence-corrected chi connectivity index (χ3v) is 4.05. The lowest BCUT2D eigenvalue weighted by Crippen LogP contribution is -2.51. The molecule has 20 heavy (non-hydrogen) atoms. The highest BCUT2D eigenvalue weighted by Gasteiger charge is 2.48. The molecule has 1 aromatic rings. The first kappa shape index (κ1) is 12.9. The third kappa shape index (κ3) is 2.12. The van der Waals surface area contributed by atoms with Crippen molar-refractivity contribution in [3.63, 3.8) is 0 Å². The number of aromatic nitrogens is 1. The number of rotatable bonds is 3. The molecule has 2 saturated heterocycles. The van der Waals surface area contributed by atoms with E-state index in [1.54, 1.807) is 0 Å². The molecule has 8 heteroatoms. The van der Waals surface area contributed by atoms with Crippen molar-refractivity contribution < 1.29 is 24.2 Å². The number of carboxylic acids is 1. The smallest absolute Gasteiger partial charge is 0.328 e. The fourth-order valence-corrected chi connectivity index (χ4v) is 3.03. The molecule has 2 amide bonds. The van der Waals surface area contributed by atoms with Crippen LogP contribution in [0.15, 0.2) is 12.3 Å². The first-order valence-corrected chi connectivity index (χ1v) is 6.78. The lowest BCUT2D eigenvalue weighted by atomic mass is 10.2. The van der Waals surface area contributed by atoms with Gasteiger partial charge in [0, 0.05) is 17.2 Å². The van der Waals surface area contributed by atoms with Crippen LogP contribution in [0, 0.1) is 0 Å². The second kappa shape index (κ2) is 4.80. The molecule has 2 unspecified atom stereocenters. The number of anilines is 1. The molecule has 0 aliphatic carbocycles. The summed E-state index contributed by atoms with van der Waals surface area (Å²) >= 11 is 1.09. The molecule has 3 heterocycles. The number of carboxylic acid groups (broad SMARTS) is 1. The van der Waals surface area contributed by atoms with Crippen LogP contribution in [0.1, 0.15) is 17.7 Å². The maximum absolute atomic E-state index is 12.1. The van der Waals surface area contributed by atoms with Gasteiger partial charge in [-0.05, 0) is 18.9 Å². The number of thiazole rings is 1. The monoisotopic (exact) mass is 294 g/mol. The summed E-state index contributed by atoms with van der Waals surface area (Å²) in [4.78, 5) is 40.3. The topological polar surface area (TPSA) is 96.8 Å². The highest BCUT2D eigenvalue weighted by molar-refractivity contribution is 7.16. The Morgan fingerprint density at radius 3 is 2.65 bits per heavy atom. The Labute approximate surface area is 117 Å². The highest BCUT2D eigenvalue weighted by atomic mass is 32.1. The van der Waals surface area contributed by atoms with E-state index in [0.29, 0.717) is 17.7 Å². The van der Waals surface area contributed by atoms with Crippen LogP contribution in [-0.4, -0.2) is 40.1 Å². The number of ether oxygens (including phenoxy) is 1. The van der Waals surface area contributed by atoms with Gasteiger partial charge in [-0.3, -0.25) is 9.59 Å². The molecule has 0 radical (unpaired) electrons. The van der Waals surface area contributed by atoms with E-state index >= 15 is 0 Å². The summed E-state index contributed by atoms with van der Waals surface area (Å²) < 4.78 is 5.30. The summed E-state index contributed by atoms with van der Waals surface area (Å²) in [6.07, 6.45) is 3.72. The van der Waals surface area contributed by atoms with Crippen molar-refractivity contribution >= 4 is 40.3 Å². The largest absolute Gasteiger partial charge is 0.478 e. The van der Waals surface area contributed by atoms with Crippen LogP contribution in [0.4, 0.5) is 5.13 Å². The first-order valence-electron chi connectivity index (χ1n) is 5.96. The van der Waals surface area contributed by atoms with Crippen LogP contribution in [0.25, 0.3) is 6.08 Å². The minimum absolute atomic E-state index is 0.255. The summed E-state index contributed by atoms with van der Waals surface area (Å²) in [6.45, 7) is 0. The zero-order chi connectivity index (χ0) is 14.3. The second-order valence-corrected chi connectivity index (χ2v) is 5.46. The lowest BCUT2D eigenvalue weighted by molar-refractivity contribution is -0.146. The molecule has 0 spiro atoms. The van der Waals surface area contributed by atoms with Crippen molar-refractivity contribution in [1.82, 2.24) is 4.98 Å². The van der Waals surface area contributed by atoms with Gasteiger partial charge in [0.25, 0.3) is 11.8 Å². The predicted molar refractivity (Wildman–Crippen MR) is 69.2 cm³/mol. The van der Waals surface area contributed by atoms with E-state index < -0.39 is 30.0 Å². The molecule has 7 nitrogen and oxygen atoms in total. The van der Waals surface area contributed by atoms with Crippen molar-refractivity contribution in [3.8, 4) is 0 Å². The van der Waals surface area contributed by atoms with Gasteiger partial charge in [-0.2, -0.15) is 0 Å². The van der Waals surface area contributed by atoms with Gasteiger partial charge < -0.3 is 9.84 Å². The number of imide groups is 1. The van der Waals surface area contributed by atoms with Gasteiger partial charge in [-0.1, -0.05) is 11.3 Å². The molecule has 1 N–H and O–H groups in total. The van der Waals surface area contributed by atoms with E-state index in [9.17, 15) is 14.4 Å². The van der Waals surface area contributed by atoms with Gasteiger partial charge in [-0.15, -0.1) is 0 Å². The Hall–Kier alpha value is -2.06. The summed E-state index contributed by atoms with van der Waals surface area (Å²) in [7, 11) is 0. The molecule has 3 rings (SSSR count). The Balaban J connectivity index is 1.87. The van der Waals surface area contributed by atoms with Crippen molar-refractivity contribution in [3.05, 3.63) is 17.2 Å². The zero-order valence-electron chi connectivity index (χ0n) is 10.2. The SMILES string of the molecule is O=C(O)/C=C/c1cnc(N2C(=O)C3CCC(O3)C2=O)s1. The number of carbonyl (C=O) groups excluding carboxylic acids is 2. The molecule has 0 saturated carbocycles. The normalized spacial score (nSPS) is 25.7. The molecule has 2 aliphatic heterocycles. The molecule has 2 atom stereocenters. The fourth-order valence-electron chi connectivity index (χ4n) is 2.20. The van der Waals surface area contributed by atoms with Crippen LogP contribution < -0.4 is 4.90 Å². The lowest BCUT2D eigenvalue weighted by Gasteiger charge is -2.27. The maximum atomic E-state index is 12.1. The van der Waals surface area contributed by atoms with Crippen molar-refractivity contribution in [2.45, 2.75) is 25.0 Å². The first-order chi connectivity index (χ1) is 9.56. The van der Waals surface area contributed by atoms with E-state index in [4.69, 9.17) is 9.84 Å². The third-order valence-electron chi connectivity index (χ3n) is 3.10. The Kier molecular flexibility index (Phi) is 3.11. The molecule has 2 bridgehead atoms. The molecule has 2 aliphatic rings. The summed E-state index contributed by atoms with van der Waals surface area (Å²) in [5.74, 6) is -1.87. The standard InChI is InChI=1S/C12H10N2O5S/c15-9(16)4-1-6-5-13-12(20-6)14-10(17)7-2-3-8(19-7)11(14)18/h1,4-5,7-8H,2-3H2,(H,15,16)/b4-1+. The minimum Gasteiger partial charge on any atom is -0.478 e. The summed E-state index contributed by atoms with van der Waals surface area (Å²) in [5.41, 5.74) is 0. The number of nitrogens with zero attached hydrogens (tertiary/aromatic N) is 2. The van der Waals surface area contributed by atoms with Crippen LogP contribution in [-0.2, 0) is 19.1 Å². The van der Waals surface area contributed by atoms with Gasteiger partial charge in [0.1, 0.15) is 12.2 Å². The molecule has 2 fully saturated rings. The Morgan fingerprint density at radius 2 is 2.05 bits per heavy atom. The molecule has 1 aromatic heterocycles. The van der Waals surface area contributed by atoms with Gasteiger partial charge in [0.15, 0.2) is 5.13 Å². The number of hydrogen-bond donors (Lipinski definition) is 1. The van der Waals surface area contributed by atoms with E-state index in [1.165, 1.54) is 12.3 Å². The summed E-state index contributed by atoms with van der Waals surface area (Å²) in [6, 6.07) is 0. The number of morpholine rings is 1. The van der Waals surface area contributed by atoms with Crippen molar-refractivity contribution in [2.75, 3.05) is 4.90 Å². The van der Waals surface area contributed by atoms with Crippen LogP contribution in [0.5, 0.6) is 0 Å². The minimum atomic E-state index is -1.07. The number of hydrogen-bond acceptors (Lipinski definition) is 6. The number of amides is 2. The molecule has 104 valence electrons. The summed E-state index contributed by atoms with van der Waals surface area (Å²) in [5, 5.41) is 8.81. The zero-order valence-corrected chi connectivity index (χ0v) is 11.0. The molecular weight excluding hydrogens is 284 g/mol. The highest BCUT2D eigenvalue weighted by Crippen LogP contribution is 2.33. The van der Waals surface area contributed by atoms with Crippen molar-refractivity contribution in [2.24, 2.45) is 0 Å². The van der Waals surface area contributed by atoms with Gasteiger partial charge in [-0.25, -0.2) is 14.7 Å². The predicted octanol–water partition coefficient (Wildman–Crippen LogP) is 0.662. The van der Waals surface area contributed by atoms with Gasteiger partial charge in [0.2, 0.25) is 0 Å². The van der Waals surface area contributed by atoms with Crippen LogP contribution in [0.2, 0.25) is 0 Å². The second-order valence-electron chi connectivity index (χ2n) is 4.42. The van der Waals surface area contributed by atoms with E-state index in [2.05, 4.69) is 4.98 Å². The quantitative estimate of drug-likeness (QED) is 0.650. The van der Waals surface area contributed by atoms with E-state index in [0.717, 1.165) is 22.3 Å². The van der Waals surface area contributed by atoms with Gasteiger partial charge >= 0.3 is 5.97 Å². The number of carbonyl (C=O) groups is 3. The van der Waals surface area contributed by atoms with E-state index in [-0.39, 0.29) is 5.13 Å². The molecular formula is C12H10N2O5S. The average Bonchev–Trinajstić information content (AvgIpc) is 3.03. The van der Waals surface area contributed by atoms with E-state index in [1.807, 2.05) is 0 Å². The fraction of sp³-hybridized carbons (Fsp3) is 0.333. The molecule has 0 aromatic carbocycles.